The van der Waals surface area contributed by atoms with Gasteiger partial charge >= 0.3 is 0 Å². The van der Waals surface area contributed by atoms with E-state index < -0.39 is 5.41 Å². The average Bonchev–Trinajstić information content (AvgIpc) is 2.88. The summed E-state index contributed by atoms with van der Waals surface area (Å²) in [6.07, 6.45) is 1.53. The summed E-state index contributed by atoms with van der Waals surface area (Å²) in [5.41, 5.74) is 2.37. The van der Waals surface area contributed by atoms with Crippen molar-refractivity contribution in [2.75, 3.05) is 20.2 Å². The van der Waals surface area contributed by atoms with E-state index in [9.17, 15) is 9.59 Å². The fourth-order valence-electron chi connectivity index (χ4n) is 4.56. The normalized spacial score (nSPS) is 15.0. The second-order valence-electron chi connectivity index (χ2n) is 8.53. The van der Waals surface area contributed by atoms with Gasteiger partial charge in [0.1, 0.15) is 5.75 Å². The fourth-order valence-corrected chi connectivity index (χ4v) is 4.56. The van der Waals surface area contributed by atoms with E-state index in [-0.39, 0.29) is 11.8 Å². The second-order valence-corrected chi connectivity index (χ2v) is 8.53. The molecule has 2 amide bonds. The molecule has 5 nitrogen and oxygen atoms in total. The molecular formula is C28H30N2O3. The van der Waals surface area contributed by atoms with Gasteiger partial charge in [-0.2, -0.15) is 0 Å². The molecule has 4 rings (SSSR count). The standard InChI is InChI=1S/C28H30N2O3/c1-33-25-14-8-11-23(19-25)20-26(31)30-17-15-28(16-18-30,24-12-6-3-7-13-24)27(32)29-21-22-9-4-2-5-10-22/h2-14,19H,15-18,20-21H2,1H3,(H,29,32). The predicted molar refractivity (Wildman–Crippen MR) is 129 cm³/mol. The molecule has 0 spiro atoms. The highest BCUT2D eigenvalue weighted by molar-refractivity contribution is 5.89. The highest BCUT2D eigenvalue weighted by Crippen LogP contribution is 2.36. The Hall–Kier alpha value is -3.60. The predicted octanol–water partition coefficient (Wildman–Crippen LogP) is 4.11. The lowest BCUT2D eigenvalue weighted by Gasteiger charge is -2.41. The summed E-state index contributed by atoms with van der Waals surface area (Å²) in [5.74, 6) is 0.851. The zero-order chi connectivity index (χ0) is 23.1. The quantitative estimate of drug-likeness (QED) is 0.599. The maximum absolute atomic E-state index is 13.5. The van der Waals surface area contributed by atoms with Crippen LogP contribution in [-0.2, 0) is 28.0 Å². The molecule has 0 bridgehead atoms. The van der Waals surface area contributed by atoms with Crippen LogP contribution in [0.5, 0.6) is 5.75 Å². The minimum Gasteiger partial charge on any atom is -0.497 e. The van der Waals surface area contributed by atoms with Crippen LogP contribution in [0.1, 0.15) is 29.5 Å². The van der Waals surface area contributed by atoms with Gasteiger partial charge < -0.3 is 15.0 Å². The summed E-state index contributed by atoms with van der Waals surface area (Å²) < 4.78 is 5.27. The minimum absolute atomic E-state index is 0.0254. The first-order valence-electron chi connectivity index (χ1n) is 11.4. The molecule has 1 saturated heterocycles. The lowest BCUT2D eigenvalue weighted by molar-refractivity contribution is -0.136. The summed E-state index contributed by atoms with van der Waals surface area (Å²) >= 11 is 0. The van der Waals surface area contributed by atoms with Crippen molar-refractivity contribution in [2.24, 2.45) is 0 Å². The Labute approximate surface area is 195 Å². The molecule has 5 heteroatoms. The number of piperidine rings is 1. The van der Waals surface area contributed by atoms with Crippen molar-refractivity contribution in [2.45, 2.75) is 31.2 Å². The maximum Gasteiger partial charge on any atom is 0.231 e. The molecule has 0 atom stereocenters. The molecule has 1 heterocycles. The highest BCUT2D eigenvalue weighted by Gasteiger charge is 2.43. The SMILES string of the molecule is COc1cccc(CC(=O)N2CCC(C(=O)NCc3ccccc3)(c3ccccc3)CC2)c1. The maximum atomic E-state index is 13.5. The van der Waals surface area contributed by atoms with Crippen molar-refractivity contribution in [1.29, 1.82) is 0 Å². The van der Waals surface area contributed by atoms with E-state index in [1.165, 1.54) is 0 Å². The summed E-state index contributed by atoms with van der Waals surface area (Å²) in [6.45, 7) is 1.60. The van der Waals surface area contributed by atoms with E-state index in [1.54, 1.807) is 7.11 Å². The summed E-state index contributed by atoms with van der Waals surface area (Å²) in [6, 6.07) is 27.5. The molecule has 0 aromatic heterocycles. The first-order valence-corrected chi connectivity index (χ1v) is 11.4. The van der Waals surface area contributed by atoms with Crippen molar-refractivity contribution in [3.05, 3.63) is 102 Å². The summed E-state index contributed by atoms with van der Waals surface area (Å²) in [7, 11) is 1.62. The molecule has 0 saturated carbocycles. The van der Waals surface area contributed by atoms with Crippen molar-refractivity contribution in [1.82, 2.24) is 10.2 Å². The molecule has 1 N–H and O–H groups in total. The molecular weight excluding hydrogens is 412 g/mol. The van der Waals surface area contributed by atoms with E-state index in [0.29, 0.717) is 38.9 Å². The zero-order valence-corrected chi connectivity index (χ0v) is 19.0. The van der Waals surface area contributed by atoms with Gasteiger partial charge in [0.2, 0.25) is 11.8 Å². The van der Waals surface area contributed by atoms with Crippen LogP contribution in [0.2, 0.25) is 0 Å². The topological polar surface area (TPSA) is 58.6 Å². The Morgan fingerprint density at radius 1 is 0.879 bits per heavy atom. The number of likely N-dealkylation sites (tertiary alicyclic amines) is 1. The monoisotopic (exact) mass is 442 g/mol. The summed E-state index contributed by atoms with van der Waals surface area (Å²) in [5, 5.41) is 3.15. The van der Waals surface area contributed by atoms with Crippen LogP contribution < -0.4 is 10.1 Å². The highest BCUT2D eigenvalue weighted by atomic mass is 16.5. The number of carbonyl (C=O) groups excluding carboxylic acids is 2. The van der Waals surface area contributed by atoms with Crippen molar-refractivity contribution >= 4 is 11.8 Å². The molecule has 170 valence electrons. The third-order valence-electron chi connectivity index (χ3n) is 6.52. The average molecular weight is 443 g/mol. The Balaban J connectivity index is 1.46. The molecule has 1 aliphatic heterocycles. The van der Waals surface area contributed by atoms with E-state index in [4.69, 9.17) is 4.74 Å². The van der Waals surface area contributed by atoms with Crippen LogP contribution in [0.25, 0.3) is 0 Å². The van der Waals surface area contributed by atoms with E-state index >= 15 is 0 Å². The van der Waals surface area contributed by atoms with Gasteiger partial charge in [-0.3, -0.25) is 9.59 Å². The van der Waals surface area contributed by atoms with E-state index in [0.717, 1.165) is 22.4 Å². The van der Waals surface area contributed by atoms with Crippen molar-refractivity contribution < 1.29 is 14.3 Å². The third-order valence-corrected chi connectivity index (χ3v) is 6.52. The smallest absolute Gasteiger partial charge is 0.231 e. The number of benzene rings is 3. The van der Waals surface area contributed by atoms with Crippen molar-refractivity contribution in [3.8, 4) is 5.75 Å². The Bertz CT molecular complexity index is 1070. The Kier molecular flexibility index (Phi) is 7.08. The van der Waals surface area contributed by atoms with Gasteiger partial charge in [-0.1, -0.05) is 72.8 Å². The zero-order valence-electron chi connectivity index (χ0n) is 19.0. The largest absolute Gasteiger partial charge is 0.497 e. The number of nitrogens with zero attached hydrogens (tertiary/aromatic N) is 1. The molecule has 1 fully saturated rings. The van der Waals surface area contributed by atoms with Gasteiger partial charge in [-0.05, 0) is 41.7 Å². The number of amides is 2. The first kappa shape index (κ1) is 22.6. The van der Waals surface area contributed by atoms with Crippen molar-refractivity contribution in [3.63, 3.8) is 0 Å². The number of hydrogen-bond acceptors (Lipinski definition) is 3. The molecule has 0 radical (unpaired) electrons. The molecule has 0 aliphatic carbocycles. The van der Waals surface area contributed by atoms with Crippen LogP contribution in [0.15, 0.2) is 84.9 Å². The van der Waals surface area contributed by atoms with Gasteiger partial charge in [0, 0.05) is 19.6 Å². The molecule has 3 aromatic rings. The Morgan fingerprint density at radius 2 is 1.52 bits per heavy atom. The fraction of sp³-hybridized carbons (Fsp3) is 0.286. The number of rotatable bonds is 7. The molecule has 33 heavy (non-hydrogen) atoms. The van der Waals surface area contributed by atoms with E-state index in [2.05, 4.69) is 5.32 Å². The second kappa shape index (κ2) is 10.3. The molecule has 0 unspecified atom stereocenters. The first-order chi connectivity index (χ1) is 16.1. The van der Waals surface area contributed by atoms with Crippen LogP contribution in [0, 0.1) is 0 Å². The lowest BCUT2D eigenvalue weighted by Crippen LogP contribution is -2.52. The number of ether oxygens (including phenoxy) is 1. The number of nitrogens with one attached hydrogen (secondary N) is 1. The number of carbonyl (C=O) groups is 2. The Morgan fingerprint density at radius 3 is 2.18 bits per heavy atom. The summed E-state index contributed by atoms with van der Waals surface area (Å²) in [4.78, 5) is 28.4. The lowest BCUT2D eigenvalue weighted by atomic mass is 9.72. The molecule has 1 aliphatic rings. The van der Waals surface area contributed by atoms with Gasteiger partial charge in [0.05, 0.1) is 18.9 Å². The van der Waals surface area contributed by atoms with Gasteiger partial charge in [0.25, 0.3) is 0 Å². The number of hydrogen-bond donors (Lipinski definition) is 1. The van der Waals surface area contributed by atoms with Gasteiger partial charge in [0.15, 0.2) is 0 Å². The van der Waals surface area contributed by atoms with Gasteiger partial charge in [-0.15, -0.1) is 0 Å². The molecule has 3 aromatic carbocycles. The van der Waals surface area contributed by atoms with Gasteiger partial charge in [-0.25, -0.2) is 0 Å². The third kappa shape index (κ3) is 5.25. The van der Waals surface area contributed by atoms with Crippen LogP contribution >= 0.6 is 0 Å². The minimum atomic E-state index is -0.636. The van der Waals surface area contributed by atoms with Crippen LogP contribution in [0.4, 0.5) is 0 Å². The van der Waals surface area contributed by atoms with Crippen LogP contribution in [0.3, 0.4) is 0 Å². The van der Waals surface area contributed by atoms with Crippen LogP contribution in [-0.4, -0.2) is 36.9 Å². The van der Waals surface area contributed by atoms with E-state index in [1.807, 2.05) is 89.8 Å². The number of methoxy groups -OCH3 is 1.